The molecular formula is C16H22N2O3. The van der Waals surface area contributed by atoms with Gasteiger partial charge in [-0.3, -0.25) is 9.69 Å². The van der Waals surface area contributed by atoms with Crippen LogP contribution in [0, 0.1) is 5.92 Å². The molecule has 21 heavy (non-hydrogen) atoms. The molecule has 0 spiro atoms. The maximum atomic E-state index is 11.1. The molecular weight excluding hydrogens is 268 g/mol. The van der Waals surface area contributed by atoms with E-state index in [0.717, 1.165) is 44.8 Å². The predicted molar refractivity (Wildman–Crippen MR) is 80.9 cm³/mol. The summed E-state index contributed by atoms with van der Waals surface area (Å²) in [5.41, 5.74) is 1.21. The van der Waals surface area contributed by atoms with Gasteiger partial charge in [-0.1, -0.05) is 0 Å². The normalized spacial score (nSPS) is 26.2. The lowest BCUT2D eigenvalue weighted by atomic mass is 9.78. The Morgan fingerprint density at radius 3 is 2.29 bits per heavy atom. The first kappa shape index (κ1) is 14.2. The van der Waals surface area contributed by atoms with E-state index in [-0.39, 0.29) is 12.0 Å². The van der Waals surface area contributed by atoms with Gasteiger partial charge in [0.25, 0.3) is 0 Å². The van der Waals surface area contributed by atoms with Gasteiger partial charge >= 0.3 is 5.97 Å². The summed E-state index contributed by atoms with van der Waals surface area (Å²) in [6.45, 7) is 3.80. The maximum absolute atomic E-state index is 11.1. The van der Waals surface area contributed by atoms with Crippen LogP contribution in [0.15, 0.2) is 24.3 Å². The second-order valence-electron chi connectivity index (χ2n) is 5.81. The number of piperazine rings is 1. The molecule has 2 aliphatic rings. The van der Waals surface area contributed by atoms with Crippen molar-refractivity contribution in [2.24, 2.45) is 5.92 Å². The van der Waals surface area contributed by atoms with Crippen LogP contribution in [0.4, 0.5) is 5.69 Å². The summed E-state index contributed by atoms with van der Waals surface area (Å²) in [4.78, 5) is 15.8. The van der Waals surface area contributed by atoms with E-state index in [4.69, 9.17) is 9.84 Å². The van der Waals surface area contributed by atoms with Crippen LogP contribution in [0.2, 0.25) is 0 Å². The first-order chi connectivity index (χ1) is 10.2. The van der Waals surface area contributed by atoms with Gasteiger partial charge < -0.3 is 14.7 Å². The molecule has 3 rings (SSSR count). The Labute approximate surface area is 125 Å². The average molecular weight is 290 g/mol. The molecule has 5 nitrogen and oxygen atoms in total. The molecule has 5 heteroatoms. The number of benzene rings is 1. The van der Waals surface area contributed by atoms with Crippen molar-refractivity contribution in [2.45, 2.75) is 18.9 Å². The smallest absolute Gasteiger partial charge is 0.308 e. The lowest BCUT2D eigenvalue weighted by Crippen LogP contribution is -2.57. The van der Waals surface area contributed by atoms with Crippen molar-refractivity contribution in [3.05, 3.63) is 24.3 Å². The minimum absolute atomic E-state index is 0.155. The molecule has 1 aromatic carbocycles. The fourth-order valence-electron chi connectivity index (χ4n) is 3.31. The van der Waals surface area contributed by atoms with E-state index in [2.05, 4.69) is 21.9 Å². The molecule has 1 heterocycles. The number of anilines is 1. The van der Waals surface area contributed by atoms with Crippen LogP contribution in [0.5, 0.6) is 5.75 Å². The number of aliphatic carboxylic acids is 1. The molecule has 2 atom stereocenters. The third-order valence-corrected chi connectivity index (χ3v) is 4.78. The fraction of sp³-hybridized carbons (Fsp3) is 0.562. The van der Waals surface area contributed by atoms with E-state index in [1.807, 2.05) is 12.1 Å². The lowest BCUT2D eigenvalue weighted by molar-refractivity contribution is -0.149. The summed E-state index contributed by atoms with van der Waals surface area (Å²) < 4.78 is 5.18. The molecule has 1 aliphatic heterocycles. The van der Waals surface area contributed by atoms with Gasteiger partial charge in [-0.2, -0.15) is 0 Å². The van der Waals surface area contributed by atoms with Crippen molar-refractivity contribution in [3.8, 4) is 5.75 Å². The van der Waals surface area contributed by atoms with Gasteiger partial charge in [-0.15, -0.1) is 0 Å². The van der Waals surface area contributed by atoms with Gasteiger partial charge in [0.2, 0.25) is 0 Å². The molecule has 1 aromatic rings. The van der Waals surface area contributed by atoms with Gasteiger partial charge in [-0.05, 0) is 37.1 Å². The minimum Gasteiger partial charge on any atom is -0.497 e. The molecule has 1 saturated carbocycles. The van der Waals surface area contributed by atoms with Gasteiger partial charge in [0.05, 0.1) is 13.0 Å². The Morgan fingerprint density at radius 2 is 1.81 bits per heavy atom. The average Bonchev–Trinajstić information content (AvgIpc) is 2.46. The molecule has 0 aromatic heterocycles. The number of nitrogens with zero attached hydrogens (tertiary/aromatic N) is 2. The zero-order valence-corrected chi connectivity index (χ0v) is 12.4. The van der Waals surface area contributed by atoms with E-state index in [9.17, 15) is 4.79 Å². The molecule has 1 N–H and O–H groups in total. The third-order valence-electron chi connectivity index (χ3n) is 4.78. The highest BCUT2D eigenvalue weighted by atomic mass is 16.5. The van der Waals surface area contributed by atoms with Crippen molar-refractivity contribution in [1.82, 2.24) is 4.90 Å². The molecule has 0 amide bonds. The number of carboxylic acids is 1. The number of rotatable bonds is 4. The molecule has 2 unspecified atom stereocenters. The lowest BCUT2D eigenvalue weighted by Gasteiger charge is -2.46. The number of carboxylic acid groups (broad SMARTS) is 1. The SMILES string of the molecule is COc1ccc(N2CCN(C3CCC3C(=O)O)CC2)cc1. The fourth-order valence-corrected chi connectivity index (χ4v) is 3.31. The Balaban J connectivity index is 1.56. The predicted octanol–water partition coefficient (Wildman–Crippen LogP) is 1.68. The number of ether oxygens (including phenoxy) is 1. The molecule has 1 aliphatic carbocycles. The van der Waals surface area contributed by atoms with E-state index in [0.29, 0.717) is 0 Å². The summed E-state index contributed by atoms with van der Waals surface area (Å²) in [7, 11) is 1.67. The summed E-state index contributed by atoms with van der Waals surface area (Å²) in [6, 6.07) is 8.37. The Hall–Kier alpha value is -1.75. The first-order valence-corrected chi connectivity index (χ1v) is 7.55. The Morgan fingerprint density at radius 1 is 1.14 bits per heavy atom. The van der Waals surface area contributed by atoms with Crippen LogP contribution in [-0.4, -0.2) is 55.3 Å². The second-order valence-corrected chi connectivity index (χ2v) is 5.81. The second kappa shape index (κ2) is 5.93. The highest BCUT2D eigenvalue weighted by Gasteiger charge is 2.41. The van der Waals surface area contributed by atoms with Crippen molar-refractivity contribution >= 4 is 11.7 Å². The van der Waals surface area contributed by atoms with Crippen molar-refractivity contribution < 1.29 is 14.6 Å². The van der Waals surface area contributed by atoms with Gasteiger partial charge in [0, 0.05) is 37.9 Å². The quantitative estimate of drug-likeness (QED) is 0.914. The summed E-state index contributed by atoms with van der Waals surface area (Å²) >= 11 is 0. The van der Waals surface area contributed by atoms with Gasteiger partial charge in [-0.25, -0.2) is 0 Å². The van der Waals surface area contributed by atoms with Crippen LogP contribution in [0.3, 0.4) is 0 Å². The number of hydrogen-bond donors (Lipinski definition) is 1. The van der Waals surface area contributed by atoms with Crippen molar-refractivity contribution in [3.63, 3.8) is 0 Å². The van der Waals surface area contributed by atoms with Gasteiger partial charge in [0.1, 0.15) is 5.75 Å². The first-order valence-electron chi connectivity index (χ1n) is 7.55. The zero-order valence-electron chi connectivity index (χ0n) is 12.4. The monoisotopic (exact) mass is 290 g/mol. The molecule has 2 fully saturated rings. The van der Waals surface area contributed by atoms with E-state index >= 15 is 0 Å². The minimum atomic E-state index is -0.635. The van der Waals surface area contributed by atoms with Gasteiger partial charge in [0.15, 0.2) is 0 Å². The summed E-state index contributed by atoms with van der Waals surface area (Å²) in [5, 5.41) is 9.16. The number of methoxy groups -OCH3 is 1. The third kappa shape index (κ3) is 2.83. The van der Waals surface area contributed by atoms with E-state index < -0.39 is 5.97 Å². The zero-order chi connectivity index (χ0) is 14.8. The highest BCUT2D eigenvalue weighted by Crippen LogP contribution is 2.33. The Kier molecular flexibility index (Phi) is 4.01. The Bertz CT molecular complexity index is 495. The molecule has 114 valence electrons. The van der Waals surface area contributed by atoms with Crippen molar-refractivity contribution in [2.75, 3.05) is 38.2 Å². The summed E-state index contributed by atoms with van der Waals surface area (Å²) in [5.74, 6) is 0.0810. The van der Waals surface area contributed by atoms with Crippen LogP contribution in [0.25, 0.3) is 0 Å². The van der Waals surface area contributed by atoms with Crippen LogP contribution in [0.1, 0.15) is 12.8 Å². The van der Waals surface area contributed by atoms with Crippen LogP contribution < -0.4 is 9.64 Å². The van der Waals surface area contributed by atoms with Crippen LogP contribution >= 0.6 is 0 Å². The standard InChI is InChI=1S/C16H22N2O3/c1-21-13-4-2-12(3-5-13)17-8-10-18(11-9-17)15-7-6-14(15)16(19)20/h2-5,14-15H,6-11H2,1H3,(H,19,20). The van der Waals surface area contributed by atoms with Crippen molar-refractivity contribution in [1.29, 1.82) is 0 Å². The van der Waals surface area contributed by atoms with Crippen LogP contribution in [-0.2, 0) is 4.79 Å². The maximum Gasteiger partial charge on any atom is 0.308 e. The number of carbonyl (C=O) groups is 1. The van der Waals surface area contributed by atoms with E-state index in [1.165, 1.54) is 5.69 Å². The topological polar surface area (TPSA) is 53.0 Å². The largest absolute Gasteiger partial charge is 0.497 e. The highest BCUT2D eigenvalue weighted by molar-refractivity contribution is 5.72. The van der Waals surface area contributed by atoms with E-state index in [1.54, 1.807) is 7.11 Å². The molecule has 0 bridgehead atoms. The number of hydrogen-bond acceptors (Lipinski definition) is 4. The summed E-state index contributed by atoms with van der Waals surface area (Å²) in [6.07, 6.45) is 1.86. The molecule has 0 radical (unpaired) electrons. The molecule has 1 saturated heterocycles.